The first-order valence-corrected chi connectivity index (χ1v) is 12.3. The van der Waals surface area contributed by atoms with E-state index in [1.54, 1.807) is 48.5 Å². The molecule has 2 aromatic rings. The summed E-state index contributed by atoms with van der Waals surface area (Å²) in [6, 6.07) is 13.9. The molecule has 8 heteroatoms. The SMILES string of the molecule is O=C1[C@@H]2C3C=CC([C@H]2C(=O)N1c1ccc(CCO)cc1)[C@H]1C(=O)N(c2ccc(CCO)cc2)C(=O)[C@H]31. The molecule has 7 rings (SSSR count). The molecule has 4 amide bonds. The van der Waals surface area contributed by atoms with Crippen molar-refractivity contribution in [2.45, 2.75) is 12.8 Å². The first-order chi connectivity index (χ1) is 17.5. The van der Waals surface area contributed by atoms with Gasteiger partial charge in [-0.05, 0) is 48.2 Å². The summed E-state index contributed by atoms with van der Waals surface area (Å²) >= 11 is 0. The zero-order valence-electron chi connectivity index (χ0n) is 19.5. The lowest BCUT2D eigenvalue weighted by atomic mass is 9.54. The molecule has 36 heavy (non-hydrogen) atoms. The van der Waals surface area contributed by atoms with Gasteiger partial charge in [0.2, 0.25) is 23.6 Å². The van der Waals surface area contributed by atoms with Gasteiger partial charge in [0.1, 0.15) is 0 Å². The van der Waals surface area contributed by atoms with Gasteiger partial charge in [-0.3, -0.25) is 29.0 Å². The summed E-state index contributed by atoms with van der Waals surface area (Å²) in [5.41, 5.74) is 2.73. The number of carbonyl (C=O) groups excluding carboxylic acids is 4. The van der Waals surface area contributed by atoms with Crippen molar-refractivity contribution >= 4 is 35.0 Å². The number of allylic oxidation sites excluding steroid dienone is 2. The van der Waals surface area contributed by atoms with E-state index in [9.17, 15) is 19.2 Å². The maximum atomic E-state index is 13.6. The quantitative estimate of drug-likeness (QED) is 0.472. The highest BCUT2D eigenvalue weighted by molar-refractivity contribution is 6.26. The van der Waals surface area contributed by atoms with Gasteiger partial charge in [-0.2, -0.15) is 0 Å². The lowest BCUT2D eigenvalue weighted by Gasteiger charge is -2.44. The maximum Gasteiger partial charge on any atom is 0.238 e. The molecule has 1 saturated carbocycles. The van der Waals surface area contributed by atoms with Crippen molar-refractivity contribution < 1.29 is 29.4 Å². The molecule has 2 heterocycles. The van der Waals surface area contributed by atoms with E-state index in [1.807, 2.05) is 12.2 Å². The summed E-state index contributed by atoms with van der Waals surface area (Å²) in [4.78, 5) is 56.7. The van der Waals surface area contributed by atoms with Crippen LogP contribution in [0.3, 0.4) is 0 Å². The molecule has 3 aliphatic carbocycles. The van der Waals surface area contributed by atoms with Crippen LogP contribution in [0.5, 0.6) is 0 Å². The van der Waals surface area contributed by atoms with E-state index in [1.165, 1.54) is 9.80 Å². The standard InChI is InChI=1S/C28H26N2O6/c31-13-11-15-1-5-17(6-2-15)29-25(33)21-19-9-10-20(22(21)26(29)34)24-23(19)27(35)30(28(24)36)18-7-3-16(4-8-18)12-14-32/h1-10,19-24,31-32H,11-14H2/t19?,20?,21-,22-,23-,24-/m1/s1. The molecule has 2 saturated heterocycles. The summed E-state index contributed by atoms with van der Waals surface area (Å²) in [6.07, 6.45) is 4.67. The number of hydrogen-bond acceptors (Lipinski definition) is 6. The second-order valence-electron chi connectivity index (χ2n) is 9.95. The molecule has 2 aliphatic heterocycles. The minimum absolute atomic E-state index is 0.00869. The van der Waals surface area contributed by atoms with Crippen molar-refractivity contribution in [1.82, 2.24) is 0 Å². The molecule has 2 aromatic carbocycles. The van der Waals surface area contributed by atoms with Crippen LogP contribution in [0.2, 0.25) is 0 Å². The van der Waals surface area contributed by atoms with E-state index in [4.69, 9.17) is 10.2 Å². The largest absolute Gasteiger partial charge is 0.396 e. The number of aliphatic hydroxyl groups is 2. The number of imide groups is 2. The van der Waals surface area contributed by atoms with Gasteiger partial charge in [-0.15, -0.1) is 0 Å². The van der Waals surface area contributed by atoms with Crippen LogP contribution in [-0.4, -0.2) is 47.1 Å². The van der Waals surface area contributed by atoms with Crippen molar-refractivity contribution in [3.63, 3.8) is 0 Å². The lowest BCUT2D eigenvalue weighted by Crippen LogP contribution is -2.50. The van der Waals surface area contributed by atoms with Gasteiger partial charge in [0.25, 0.3) is 0 Å². The summed E-state index contributed by atoms with van der Waals surface area (Å²) < 4.78 is 0. The Kier molecular flexibility index (Phi) is 5.39. The highest BCUT2D eigenvalue weighted by atomic mass is 16.3. The molecule has 2 N–H and O–H groups in total. The van der Waals surface area contributed by atoms with Crippen LogP contribution in [0.4, 0.5) is 11.4 Å². The molecule has 0 radical (unpaired) electrons. The molecule has 0 aromatic heterocycles. The molecule has 2 bridgehead atoms. The minimum atomic E-state index is -0.672. The van der Waals surface area contributed by atoms with Crippen LogP contribution >= 0.6 is 0 Å². The van der Waals surface area contributed by atoms with Crippen LogP contribution in [-0.2, 0) is 32.0 Å². The molecule has 4 atom stereocenters. The fourth-order valence-electron chi connectivity index (χ4n) is 6.62. The molecule has 8 nitrogen and oxygen atoms in total. The van der Waals surface area contributed by atoms with Gasteiger partial charge in [-0.25, -0.2) is 0 Å². The fourth-order valence-corrected chi connectivity index (χ4v) is 6.62. The van der Waals surface area contributed by atoms with Gasteiger partial charge < -0.3 is 10.2 Å². The Balaban J connectivity index is 1.31. The summed E-state index contributed by atoms with van der Waals surface area (Å²) in [5, 5.41) is 18.3. The Morgan fingerprint density at radius 3 is 1.11 bits per heavy atom. The average molecular weight is 487 g/mol. The molecular weight excluding hydrogens is 460 g/mol. The molecule has 184 valence electrons. The Morgan fingerprint density at radius 1 is 0.528 bits per heavy atom. The zero-order chi connectivity index (χ0) is 25.1. The van der Waals surface area contributed by atoms with Gasteiger partial charge in [0.05, 0.1) is 35.0 Å². The first kappa shape index (κ1) is 22.8. The maximum absolute atomic E-state index is 13.6. The van der Waals surface area contributed by atoms with Crippen molar-refractivity contribution in [3.8, 4) is 0 Å². The molecule has 5 aliphatic rings. The van der Waals surface area contributed by atoms with E-state index in [-0.39, 0.29) is 36.8 Å². The number of carbonyl (C=O) groups is 4. The second kappa shape index (κ2) is 8.50. The number of nitrogens with zero attached hydrogens (tertiary/aromatic N) is 2. The van der Waals surface area contributed by atoms with Crippen molar-refractivity contribution in [1.29, 1.82) is 0 Å². The van der Waals surface area contributed by atoms with Gasteiger partial charge >= 0.3 is 0 Å². The van der Waals surface area contributed by atoms with Crippen LogP contribution in [0.15, 0.2) is 60.7 Å². The predicted octanol–water partition coefficient (Wildman–Crippen LogP) is 1.48. The van der Waals surface area contributed by atoms with E-state index < -0.39 is 35.5 Å². The van der Waals surface area contributed by atoms with Crippen LogP contribution < -0.4 is 9.80 Å². The van der Waals surface area contributed by atoms with Crippen molar-refractivity contribution in [2.75, 3.05) is 23.0 Å². The topological polar surface area (TPSA) is 115 Å². The number of aliphatic hydroxyl groups excluding tert-OH is 2. The van der Waals surface area contributed by atoms with Gasteiger partial charge in [0, 0.05) is 25.0 Å². The van der Waals surface area contributed by atoms with Gasteiger partial charge in [0.15, 0.2) is 0 Å². The minimum Gasteiger partial charge on any atom is -0.396 e. The third kappa shape index (κ3) is 3.14. The van der Waals surface area contributed by atoms with Gasteiger partial charge in [-0.1, -0.05) is 36.4 Å². The molecular formula is C28H26N2O6. The van der Waals surface area contributed by atoms with Crippen molar-refractivity contribution in [2.24, 2.45) is 35.5 Å². The molecule has 0 unspecified atom stereocenters. The number of rotatable bonds is 6. The fraction of sp³-hybridized carbons (Fsp3) is 0.357. The third-order valence-electron chi connectivity index (χ3n) is 8.20. The van der Waals surface area contributed by atoms with E-state index in [2.05, 4.69) is 0 Å². The molecule has 3 fully saturated rings. The summed E-state index contributed by atoms with van der Waals surface area (Å²) in [5.74, 6) is -5.04. The highest BCUT2D eigenvalue weighted by Gasteiger charge is 2.68. The van der Waals surface area contributed by atoms with Crippen LogP contribution in [0.1, 0.15) is 11.1 Å². The average Bonchev–Trinajstić information content (AvgIpc) is 3.33. The lowest BCUT2D eigenvalue weighted by molar-refractivity contribution is -0.137. The number of benzene rings is 2. The predicted molar refractivity (Wildman–Crippen MR) is 130 cm³/mol. The summed E-state index contributed by atoms with van der Waals surface area (Å²) in [7, 11) is 0. The summed E-state index contributed by atoms with van der Waals surface area (Å²) in [6.45, 7) is 0.0174. The Labute approximate surface area is 207 Å². The Bertz CT molecular complexity index is 1140. The van der Waals surface area contributed by atoms with Crippen molar-refractivity contribution in [3.05, 3.63) is 71.8 Å². The molecule has 0 spiro atoms. The van der Waals surface area contributed by atoms with E-state index in [0.29, 0.717) is 24.2 Å². The highest BCUT2D eigenvalue weighted by Crippen LogP contribution is 2.58. The number of anilines is 2. The zero-order valence-corrected chi connectivity index (χ0v) is 19.5. The Morgan fingerprint density at radius 2 is 0.833 bits per heavy atom. The van der Waals surface area contributed by atoms with E-state index >= 15 is 0 Å². The second-order valence-corrected chi connectivity index (χ2v) is 9.95. The Hall–Kier alpha value is -3.62. The van der Waals surface area contributed by atoms with Crippen LogP contribution in [0, 0.1) is 35.5 Å². The number of amides is 4. The van der Waals surface area contributed by atoms with E-state index in [0.717, 1.165) is 11.1 Å². The number of hydrogen-bond donors (Lipinski definition) is 2. The van der Waals surface area contributed by atoms with Crippen LogP contribution in [0.25, 0.3) is 0 Å². The first-order valence-electron chi connectivity index (χ1n) is 12.3. The smallest absolute Gasteiger partial charge is 0.238 e. The normalized spacial score (nSPS) is 30.4. The third-order valence-corrected chi connectivity index (χ3v) is 8.20. The monoisotopic (exact) mass is 486 g/mol.